The van der Waals surface area contributed by atoms with E-state index in [1.165, 1.54) is 28.0 Å². The third kappa shape index (κ3) is 5.76. The molecule has 0 fully saturated rings. The Morgan fingerprint density at radius 2 is 1.81 bits per heavy atom. The van der Waals surface area contributed by atoms with E-state index in [9.17, 15) is 14.0 Å². The molecule has 0 saturated carbocycles. The van der Waals surface area contributed by atoms with Crippen LogP contribution in [0.3, 0.4) is 0 Å². The second kappa shape index (κ2) is 12.7. The fraction of sp³-hybridized carbons (Fsp3) is 0.182. The number of ether oxygens (including phenoxy) is 3. The van der Waals surface area contributed by atoms with Gasteiger partial charge in [-0.1, -0.05) is 65.8 Å². The minimum Gasteiger partial charge on any atom is -0.490 e. The van der Waals surface area contributed by atoms with E-state index in [-0.39, 0.29) is 24.3 Å². The van der Waals surface area contributed by atoms with E-state index in [4.69, 9.17) is 25.6 Å². The maximum atomic E-state index is 14.0. The van der Waals surface area contributed by atoms with E-state index < -0.39 is 17.8 Å². The van der Waals surface area contributed by atoms with E-state index in [1.807, 2.05) is 37.3 Å². The molecule has 5 rings (SSSR count). The van der Waals surface area contributed by atoms with Crippen LogP contribution < -0.4 is 24.4 Å². The summed E-state index contributed by atoms with van der Waals surface area (Å²) in [5.41, 5.74) is 2.17. The van der Waals surface area contributed by atoms with Crippen molar-refractivity contribution in [1.82, 2.24) is 4.57 Å². The Balaban J connectivity index is 1.74. The summed E-state index contributed by atoms with van der Waals surface area (Å²) >= 11 is 1.19. The molecule has 1 atom stereocenters. The molecule has 0 amide bonds. The maximum absolute atomic E-state index is 14.0. The fourth-order valence-corrected chi connectivity index (χ4v) is 5.67. The number of benzene rings is 3. The predicted octanol–water partition coefficient (Wildman–Crippen LogP) is 4.49. The highest BCUT2D eigenvalue weighted by Gasteiger charge is 2.35. The number of terminal acetylenes is 1. The number of thiazole rings is 1. The van der Waals surface area contributed by atoms with E-state index in [0.29, 0.717) is 49.8 Å². The Morgan fingerprint density at radius 1 is 1.05 bits per heavy atom. The normalized spacial score (nSPS) is 14.5. The molecule has 42 heavy (non-hydrogen) atoms. The van der Waals surface area contributed by atoms with Crippen molar-refractivity contribution >= 4 is 29.1 Å². The van der Waals surface area contributed by atoms with E-state index in [1.54, 1.807) is 43.3 Å². The topological polar surface area (TPSA) is 79.1 Å². The molecule has 0 saturated heterocycles. The zero-order valence-electron chi connectivity index (χ0n) is 23.0. The minimum absolute atomic E-state index is 0.0912. The van der Waals surface area contributed by atoms with Crippen LogP contribution in [0.2, 0.25) is 0 Å². The highest BCUT2D eigenvalue weighted by molar-refractivity contribution is 7.07. The van der Waals surface area contributed by atoms with Gasteiger partial charge in [0, 0.05) is 5.56 Å². The molecule has 4 aromatic rings. The monoisotopic (exact) mass is 582 g/mol. The van der Waals surface area contributed by atoms with Crippen molar-refractivity contribution in [1.29, 1.82) is 0 Å². The van der Waals surface area contributed by atoms with Crippen LogP contribution in [-0.2, 0) is 9.53 Å². The summed E-state index contributed by atoms with van der Waals surface area (Å²) in [6, 6.07) is 19.4. The third-order valence-electron chi connectivity index (χ3n) is 6.44. The molecule has 0 radical (unpaired) electrons. The van der Waals surface area contributed by atoms with E-state index in [0.717, 1.165) is 0 Å². The van der Waals surface area contributed by atoms with Crippen LogP contribution in [0, 0.1) is 18.2 Å². The lowest BCUT2D eigenvalue weighted by molar-refractivity contribution is -0.138. The third-order valence-corrected chi connectivity index (χ3v) is 7.42. The number of carbonyl (C=O) groups excluding carboxylic acids is 1. The summed E-state index contributed by atoms with van der Waals surface area (Å²) in [5.74, 6) is 2.39. The van der Waals surface area contributed by atoms with Gasteiger partial charge in [0.15, 0.2) is 16.3 Å². The zero-order valence-corrected chi connectivity index (χ0v) is 23.8. The summed E-state index contributed by atoms with van der Waals surface area (Å²) in [5, 5.41) is 0. The standard InChI is InChI=1S/C33H27FN2O5S/c1-4-18-41-25-17-12-21(19-26(25)39-5-2)20-27-31(37)36-30(23-13-15-24(34)16-14-23)28(32(38)40-6-3)29(35-33(36)42-27)22-10-8-7-9-11-22/h1,7-17,19-20,30H,5-6,18H2,2-3H3/t30-/m0/s1. The van der Waals surface area contributed by atoms with Crippen molar-refractivity contribution < 1.29 is 23.4 Å². The molecule has 7 nitrogen and oxygen atoms in total. The SMILES string of the molecule is C#CCOc1ccc(C=c2sc3n(c2=O)[C@@H](c2ccc(F)cc2)C(C(=O)OCC)=C(c2ccccc2)N=3)cc1OCC. The zero-order chi connectivity index (χ0) is 29.6. The maximum Gasteiger partial charge on any atom is 0.338 e. The second-order valence-electron chi connectivity index (χ2n) is 9.12. The van der Waals surface area contributed by atoms with Gasteiger partial charge >= 0.3 is 5.97 Å². The Hall–Kier alpha value is -4.94. The Bertz CT molecular complexity index is 1870. The molecule has 212 valence electrons. The highest BCUT2D eigenvalue weighted by Crippen LogP contribution is 2.35. The van der Waals surface area contributed by atoms with Crippen LogP contribution in [0.25, 0.3) is 11.8 Å². The molecule has 9 heteroatoms. The number of hydrogen-bond donors (Lipinski definition) is 0. The van der Waals surface area contributed by atoms with Crippen molar-refractivity contribution in [2.24, 2.45) is 4.99 Å². The highest BCUT2D eigenvalue weighted by atomic mass is 32.1. The van der Waals surface area contributed by atoms with Crippen molar-refractivity contribution in [2.45, 2.75) is 19.9 Å². The number of carbonyl (C=O) groups is 1. The van der Waals surface area contributed by atoms with Gasteiger partial charge < -0.3 is 14.2 Å². The summed E-state index contributed by atoms with van der Waals surface area (Å²) in [6.45, 7) is 4.20. The number of rotatable bonds is 9. The molecule has 1 aliphatic heterocycles. The first-order valence-electron chi connectivity index (χ1n) is 13.3. The summed E-state index contributed by atoms with van der Waals surface area (Å²) in [4.78, 5) is 32.7. The minimum atomic E-state index is -0.892. The van der Waals surface area contributed by atoms with Gasteiger partial charge in [0.2, 0.25) is 0 Å². The molecule has 2 heterocycles. The number of hydrogen-bond acceptors (Lipinski definition) is 7. The van der Waals surface area contributed by atoms with Crippen molar-refractivity contribution in [3.8, 4) is 23.8 Å². The van der Waals surface area contributed by atoms with Gasteiger partial charge in [-0.3, -0.25) is 9.36 Å². The largest absolute Gasteiger partial charge is 0.490 e. The average molecular weight is 583 g/mol. The van der Waals surface area contributed by atoms with Crippen LogP contribution in [0.5, 0.6) is 11.5 Å². The molecular formula is C33H27FN2O5S. The first-order valence-corrected chi connectivity index (χ1v) is 14.1. The molecule has 0 bridgehead atoms. The number of halogens is 1. The second-order valence-corrected chi connectivity index (χ2v) is 10.1. The summed E-state index contributed by atoms with van der Waals surface area (Å²) < 4.78 is 32.6. The van der Waals surface area contributed by atoms with Crippen LogP contribution in [-0.4, -0.2) is 30.4 Å². The smallest absolute Gasteiger partial charge is 0.338 e. The van der Waals surface area contributed by atoms with Gasteiger partial charge in [-0.2, -0.15) is 0 Å². The molecule has 0 N–H and O–H groups in total. The molecule has 3 aromatic carbocycles. The number of aromatic nitrogens is 1. The van der Waals surface area contributed by atoms with Gasteiger partial charge in [0.25, 0.3) is 5.56 Å². The number of fused-ring (bicyclic) bond motifs is 1. The van der Waals surface area contributed by atoms with Gasteiger partial charge in [0.05, 0.1) is 35.1 Å². The lowest BCUT2D eigenvalue weighted by Gasteiger charge is -2.25. The van der Waals surface area contributed by atoms with Gasteiger partial charge in [-0.05, 0) is 55.3 Å². The first-order chi connectivity index (χ1) is 20.4. The predicted molar refractivity (Wildman–Crippen MR) is 159 cm³/mol. The Morgan fingerprint density at radius 3 is 2.50 bits per heavy atom. The molecule has 0 unspecified atom stereocenters. The molecule has 0 spiro atoms. The van der Waals surface area contributed by atoms with Crippen LogP contribution in [0.1, 0.15) is 36.6 Å². The van der Waals surface area contributed by atoms with Crippen LogP contribution in [0.4, 0.5) is 4.39 Å². The summed E-state index contributed by atoms with van der Waals surface area (Å²) in [6.07, 6.45) is 7.06. The molecule has 0 aliphatic carbocycles. The lowest BCUT2D eigenvalue weighted by Crippen LogP contribution is -2.40. The molecular weight excluding hydrogens is 555 g/mol. The number of nitrogens with zero attached hydrogens (tertiary/aromatic N) is 2. The molecule has 1 aromatic heterocycles. The van der Waals surface area contributed by atoms with Crippen molar-refractivity contribution in [3.05, 3.63) is 121 Å². The van der Waals surface area contributed by atoms with Gasteiger partial charge in [0.1, 0.15) is 12.4 Å². The fourth-order valence-electron chi connectivity index (χ4n) is 4.67. The quantitative estimate of drug-likeness (QED) is 0.215. The molecule has 1 aliphatic rings. The van der Waals surface area contributed by atoms with Gasteiger partial charge in [-0.15, -0.1) is 6.42 Å². The van der Waals surface area contributed by atoms with Crippen LogP contribution in [0.15, 0.2) is 88.2 Å². The van der Waals surface area contributed by atoms with Crippen LogP contribution >= 0.6 is 11.3 Å². The van der Waals surface area contributed by atoms with Crippen molar-refractivity contribution in [2.75, 3.05) is 19.8 Å². The number of esters is 1. The lowest BCUT2D eigenvalue weighted by atomic mass is 9.93. The Labute approximate surface area is 245 Å². The average Bonchev–Trinajstić information content (AvgIpc) is 3.31. The van der Waals surface area contributed by atoms with Crippen molar-refractivity contribution in [3.63, 3.8) is 0 Å². The van der Waals surface area contributed by atoms with E-state index in [2.05, 4.69) is 5.92 Å². The summed E-state index contributed by atoms with van der Waals surface area (Å²) in [7, 11) is 0. The van der Waals surface area contributed by atoms with Gasteiger partial charge in [-0.25, -0.2) is 14.2 Å². The van der Waals surface area contributed by atoms with E-state index >= 15 is 0 Å². The Kier molecular flexibility index (Phi) is 8.65. The first kappa shape index (κ1) is 28.6.